The van der Waals surface area contributed by atoms with Gasteiger partial charge in [-0.3, -0.25) is 9.21 Å². The highest BCUT2D eigenvalue weighted by Crippen LogP contribution is 2.39. The number of esters is 1. The van der Waals surface area contributed by atoms with Crippen molar-refractivity contribution in [1.29, 1.82) is 0 Å². The highest BCUT2D eigenvalue weighted by molar-refractivity contribution is 7.92. The number of halogens is 4. The van der Waals surface area contributed by atoms with Gasteiger partial charge in [0.15, 0.2) is 23.9 Å². The number of benzene rings is 2. The normalized spacial score (nSPS) is 14.7. The molecular formula is C37H47Cl2F2N3O10S. The summed E-state index contributed by atoms with van der Waals surface area (Å²) in [4.78, 5) is 18.6. The van der Waals surface area contributed by atoms with Gasteiger partial charge in [0.05, 0.1) is 43.9 Å². The molecule has 2 saturated carbocycles. The lowest BCUT2D eigenvalue weighted by Crippen LogP contribution is -2.36. The van der Waals surface area contributed by atoms with E-state index in [9.17, 15) is 32.2 Å². The molecule has 0 saturated heterocycles. The first-order valence-electron chi connectivity index (χ1n) is 17.8. The van der Waals surface area contributed by atoms with E-state index in [0.29, 0.717) is 62.2 Å². The molecule has 0 amide bonds. The number of anilines is 1. The van der Waals surface area contributed by atoms with Gasteiger partial charge in [-0.2, -0.15) is 8.78 Å². The molecule has 5 rings (SSSR count). The number of nitrogens with one attached hydrogen (secondary N) is 1. The second-order valence-electron chi connectivity index (χ2n) is 13.5. The minimum Gasteiger partial charge on any atom is -0.870 e. The van der Waals surface area contributed by atoms with E-state index in [-0.39, 0.29) is 70.2 Å². The lowest BCUT2D eigenvalue weighted by atomic mass is 10.0. The van der Waals surface area contributed by atoms with Gasteiger partial charge >= 0.3 is 12.6 Å². The molecule has 304 valence electrons. The maximum Gasteiger partial charge on any atom is 0.387 e. The van der Waals surface area contributed by atoms with Crippen molar-refractivity contribution in [3.8, 4) is 17.2 Å². The Morgan fingerprint density at radius 1 is 0.891 bits per heavy atom. The molecule has 1 heterocycles. The molecule has 2 fully saturated rings. The van der Waals surface area contributed by atoms with E-state index in [0.717, 1.165) is 31.9 Å². The number of aliphatic hydroxyl groups excluding tert-OH is 2. The van der Waals surface area contributed by atoms with Crippen LogP contribution in [0.4, 0.5) is 14.5 Å². The number of hydrogen-bond acceptors (Lipinski definition) is 11. The fourth-order valence-corrected chi connectivity index (χ4v) is 7.28. The van der Waals surface area contributed by atoms with Crippen LogP contribution in [0.1, 0.15) is 59.7 Å². The number of carbonyl (C=O) groups is 1. The van der Waals surface area contributed by atoms with Crippen LogP contribution in [0.3, 0.4) is 0 Å². The molecule has 1 aromatic heterocycles. The molecule has 0 radical (unpaired) electrons. The average molecular weight is 835 g/mol. The van der Waals surface area contributed by atoms with Crippen LogP contribution in [0.15, 0.2) is 48.8 Å². The Labute approximate surface area is 329 Å². The van der Waals surface area contributed by atoms with Crippen molar-refractivity contribution in [2.75, 3.05) is 63.2 Å². The zero-order valence-electron chi connectivity index (χ0n) is 30.3. The van der Waals surface area contributed by atoms with E-state index in [1.165, 1.54) is 53.1 Å². The van der Waals surface area contributed by atoms with E-state index in [1.54, 1.807) is 0 Å². The third kappa shape index (κ3) is 13.3. The maximum atomic E-state index is 14.0. The topological polar surface area (TPSA) is 179 Å². The summed E-state index contributed by atoms with van der Waals surface area (Å²) in [6, 6.07) is 8.71. The lowest BCUT2D eigenvalue weighted by Gasteiger charge is -2.27. The molecule has 13 nitrogen and oxygen atoms in total. The Kier molecular flexibility index (Phi) is 16.6. The van der Waals surface area contributed by atoms with Gasteiger partial charge in [0.25, 0.3) is 0 Å². The van der Waals surface area contributed by atoms with E-state index in [4.69, 9.17) is 42.1 Å². The molecule has 1 atom stereocenters. The standard InChI is InChI=1S/C37H45Cl2F2N3O9S.H2O/c1-54(48,49)44(12-2-11-43(13-15-45)14-16-46)31-9-7-27(18-34(31)50-22-24-3-4-24)36(47)52-33(19-28-29(38)20-42-21-30(28)39)26-8-10-32(53-37(40)41)35(17-26)51-23-25-5-6-25;/h7-10,17-18,20-21,24-25,33,37,45-46H,2-6,11-16,19,22-23H2,1H3;1H2/t33-;/m0./s1. The van der Waals surface area contributed by atoms with Crippen LogP contribution in [0.25, 0.3) is 0 Å². The SMILES string of the molecule is CS(=O)(=O)N(CCCN(CCO)CCO)c1ccc(C(=O)O[C@@H](Cc2c(Cl)c[nH+]cc2Cl)c2ccc(OC(F)F)c(OCC3CC3)c2)cc1OCC1CC1.[OH-]. The molecule has 3 aromatic rings. The van der Waals surface area contributed by atoms with Crippen LogP contribution < -0.4 is 23.5 Å². The Balaban J connectivity index is 0.00000673. The van der Waals surface area contributed by atoms with Crippen LogP contribution in [0.5, 0.6) is 17.2 Å². The lowest BCUT2D eigenvalue weighted by molar-refractivity contribution is -0.377. The Morgan fingerprint density at radius 2 is 1.51 bits per heavy atom. The number of sulfonamides is 1. The van der Waals surface area contributed by atoms with Crippen molar-refractivity contribution in [3.05, 3.63) is 75.5 Å². The molecule has 2 aromatic carbocycles. The Morgan fingerprint density at radius 3 is 2.07 bits per heavy atom. The van der Waals surface area contributed by atoms with Gasteiger partial charge in [0.1, 0.15) is 21.9 Å². The van der Waals surface area contributed by atoms with Gasteiger partial charge in [-0.05, 0) is 79.8 Å². The average Bonchev–Trinajstić information content (AvgIpc) is 4.06. The summed E-state index contributed by atoms with van der Waals surface area (Å²) >= 11 is 13.0. The first-order chi connectivity index (χ1) is 25.9. The number of aliphatic hydroxyl groups is 2. The zero-order valence-corrected chi connectivity index (χ0v) is 32.7. The number of H-pyrrole nitrogens is 1. The van der Waals surface area contributed by atoms with Crippen LogP contribution in [-0.4, -0.2) is 100 Å². The summed E-state index contributed by atoms with van der Waals surface area (Å²) in [7, 11) is -3.82. The quantitative estimate of drug-likeness (QED) is 0.117. The number of alkyl halides is 2. The number of pyridine rings is 1. The van der Waals surface area contributed by atoms with Gasteiger partial charge in [-0.1, -0.05) is 29.3 Å². The molecule has 0 bridgehead atoms. The zero-order chi connectivity index (χ0) is 38.8. The van der Waals surface area contributed by atoms with Gasteiger partial charge in [-0.25, -0.2) is 18.2 Å². The third-order valence-corrected chi connectivity index (χ3v) is 10.9. The summed E-state index contributed by atoms with van der Waals surface area (Å²) < 4.78 is 76.9. The van der Waals surface area contributed by atoms with Crippen molar-refractivity contribution >= 4 is 44.9 Å². The molecule has 0 unspecified atom stereocenters. The molecule has 0 aliphatic heterocycles. The molecule has 2 aliphatic carbocycles. The monoisotopic (exact) mass is 833 g/mol. The maximum absolute atomic E-state index is 14.0. The van der Waals surface area contributed by atoms with Crippen molar-refractivity contribution in [2.24, 2.45) is 11.8 Å². The Bertz CT molecular complexity index is 1810. The van der Waals surface area contributed by atoms with Crippen LogP contribution in [-0.2, 0) is 21.2 Å². The molecule has 4 N–H and O–H groups in total. The number of ether oxygens (including phenoxy) is 4. The minimum absolute atomic E-state index is 0. The Hall–Kier alpha value is -3.51. The molecular weight excluding hydrogens is 787 g/mol. The summed E-state index contributed by atoms with van der Waals surface area (Å²) in [5.41, 5.74) is 1.18. The van der Waals surface area contributed by atoms with Crippen molar-refractivity contribution in [1.82, 2.24) is 4.90 Å². The first kappa shape index (κ1) is 44.2. The summed E-state index contributed by atoms with van der Waals surface area (Å²) in [6.07, 6.45) is 7.36. The molecule has 0 spiro atoms. The van der Waals surface area contributed by atoms with Crippen molar-refractivity contribution < 1.29 is 61.6 Å². The number of nitrogens with zero attached hydrogens (tertiary/aromatic N) is 2. The molecule has 55 heavy (non-hydrogen) atoms. The van der Waals surface area contributed by atoms with Gasteiger partial charge in [0.2, 0.25) is 10.0 Å². The van der Waals surface area contributed by atoms with Crippen LogP contribution >= 0.6 is 23.2 Å². The summed E-state index contributed by atoms with van der Waals surface area (Å²) in [6.45, 7) is -1.51. The highest BCUT2D eigenvalue weighted by Gasteiger charge is 2.29. The first-order valence-corrected chi connectivity index (χ1v) is 20.4. The van der Waals surface area contributed by atoms with Crippen LogP contribution in [0.2, 0.25) is 10.0 Å². The summed E-state index contributed by atoms with van der Waals surface area (Å²) in [5.74, 6) is -0.0830. The number of rotatable bonds is 23. The molecule has 18 heteroatoms. The van der Waals surface area contributed by atoms with Crippen LogP contribution in [0, 0.1) is 11.8 Å². The highest BCUT2D eigenvalue weighted by atomic mass is 35.5. The number of aromatic nitrogens is 1. The predicted molar refractivity (Wildman–Crippen MR) is 200 cm³/mol. The van der Waals surface area contributed by atoms with E-state index in [1.807, 2.05) is 4.90 Å². The minimum atomic E-state index is -3.82. The smallest absolute Gasteiger partial charge is 0.387 e. The van der Waals surface area contributed by atoms with E-state index < -0.39 is 28.7 Å². The van der Waals surface area contributed by atoms with E-state index in [2.05, 4.69) is 4.98 Å². The van der Waals surface area contributed by atoms with Gasteiger partial charge in [0, 0.05) is 38.2 Å². The second kappa shape index (κ2) is 20.6. The van der Waals surface area contributed by atoms with Crippen molar-refractivity contribution in [3.63, 3.8) is 0 Å². The van der Waals surface area contributed by atoms with Gasteiger partial charge < -0.3 is 34.6 Å². The van der Waals surface area contributed by atoms with E-state index >= 15 is 0 Å². The number of aromatic amines is 1. The second-order valence-corrected chi connectivity index (χ2v) is 16.2. The van der Waals surface area contributed by atoms with Crippen molar-refractivity contribution in [2.45, 2.75) is 51.2 Å². The fraction of sp³-hybridized carbons (Fsp3) is 0.514. The largest absolute Gasteiger partial charge is 0.870 e. The van der Waals surface area contributed by atoms with Gasteiger partial charge in [-0.15, -0.1) is 0 Å². The third-order valence-electron chi connectivity index (χ3n) is 9.07. The number of hydrogen-bond donors (Lipinski definition) is 2. The number of carbonyl (C=O) groups excluding carboxylic acids is 1. The fourth-order valence-electron chi connectivity index (χ4n) is 5.78. The molecule has 2 aliphatic rings. The summed E-state index contributed by atoms with van der Waals surface area (Å²) in [5, 5.41) is 19.3. The predicted octanol–water partition coefficient (Wildman–Crippen LogP) is 5.39.